The highest BCUT2D eigenvalue weighted by Crippen LogP contribution is 2.36. The number of nitrogens with one attached hydrogen (secondary N) is 1. The molecule has 0 radical (unpaired) electrons. The Morgan fingerprint density at radius 2 is 1.76 bits per heavy atom. The lowest BCUT2D eigenvalue weighted by Crippen LogP contribution is -2.20. The molecule has 3 aromatic rings. The zero-order chi connectivity index (χ0) is 23.0. The molecule has 3 aromatic carbocycles. The van der Waals surface area contributed by atoms with Crippen LogP contribution in [-0.2, 0) is 16.1 Å². The lowest BCUT2D eigenvalue weighted by Gasteiger charge is -2.24. The molecule has 0 amide bonds. The molecule has 4 rings (SSSR count). The maximum atomic E-state index is 11.6. The standard InChI is InChI=1S/C28H29NO4/c1-2-26(22-16-14-21(15-17-22)20-8-4-3-5-9-20)29-33-19-18-32-27-13-7-10-23-24(27)11-6-12-25(23)28(30)31/h2-5,7-10,13-17,25,29H,6,11-12,18-19H2,1H3,(H,30,31). The fourth-order valence-corrected chi connectivity index (χ4v) is 4.29. The van der Waals surface area contributed by atoms with Crippen LogP contribution < -0.4 is 10.2 Å². The number of rotatable bonds is 9. The number of hydrogen-bond donors (Lipinski definition) is 2. The number of hydrogen-bond acceptors (Lipinski definition) is 4. The lowest BCUT2D eigenvalue weighted by molar-refractivity contribution is -0.139. The van der Waals surface area contributed by atoms with Crippen molar-refractivity contribution in [2.24, 2.45) is 0 Å². The maximum Gasteiger partial charge on any atom is 0.310 e. The summed E-state index contributed by atoms with van der Waals surface area (Å²) in [5.41, 5.74) is 9.18. The molecule has 1 atom stereocenters. The zero-order valence-electron chi connectivity index (χ0n) is 18.8. The monoisotopic (exact) mass is 443 g/mol. The molecule has 5 nitrogen and oxygen atoms in total. The van der Waals surface area contributed by atoms with Crippen LogP contribution >= 0.6 is 0 Å². The average Bonchev–Trinajstić information content (AvgIpc) is 2.86. The molecule has 1 aliphatic carbocycles. The van der Waals surface area contributed by atoms with Crippen molar-refractivity contribution in [3.63, 3.8) is 0 Å². The molecule has 2 N–H and O–H groups in total. The van der Waals surface area contributed by atoms with E-state index in [1.54, 1.807) is 0 Å². The summed E-state index contributed by atoms with van der Waals surface area (Å²) >= 11 is 0. The number of benzene rings is 3. The Hall–Kier alpha value is -3.57. The van der Waals surface area contributed by atoms with Crippen LogP contribution in [0.3, 0.4) is 0 Å². The highest BCUT2D eigenvalue weighted by atomic mass is 16.7. The molecule has 1 unspecified atom stereocenters. The first kappa shape index (κ1) is 22.6. The van der Waals surface area contributed by atoms with Crippen molar-refractivity contribution in [3.8, 4) is 16.9 Å². The van der Waals surface area contributed by atoms with Gasteiger partial charge in [0, 0.05) is 0 Å². The topological polar surface area (TPSA) is 67.8 Å². The van der Waals surface area contributed by atoms with E-state index in [4.69, 9.17) is 9.57 Å². The summed E-state index contributed by atoms with van der Waals surface area (Å²) in [6, 6.07) is 24.3. The summed E-state index contributed by atoms with van der Waals surface area (Å²) in [7, 11) is 0. The Morgan fingerprint density at radius 1 is 1.00 bits per heavy atom. The smallest absolute Gasteiger partial charge is 0.310 e. The first-order valence-corrected chi connectivity index (χ1v) is 11.3. The van der Waals surface area contributed by atoms with Crippen molar-refractivity contribution in [1.29, 1.82) is 0 Å². The van der Waals surface area contributed by atoms with Crippen molar-refractivity contribution in [2.75, 3.05) is 13.2 Å². The molecule has 0 aliphatic heterocycles. The first-order chi connectivity index (χ1) is 16.2. The van der Waals surface area contributed by atoms with E-state index in [0.717, 1.165) is 41.0 Å². The molecular weight excluding hydrogens is 414 g/mol. The van der Waals surface area contributed by atoms with Crippen LogP contribution in [0.25, 0.3) is 16.8 Å². The predicted octanol–water partition coefficient (Wildman–Crippen LogP) is 5.82. The molecule has 1 aliphatic rings. The second-order valence-electron chi connectivity index (χ2n) is 8.05. The molecule has 0 aromatic heterocycles. The Bertz CT molecular complexity index is 1110. The van der Waals surface area contributed by atoms with Crippen molar-refractivity contribution in [2.45, 2.75) is 32.1 Å². The van der Waals surface area contributed by atoms with Crippen LogP contribution in [0.1, 0.15) is 42.4 Å². The van der Waals surface area contributed by atoms with E-state index < -0.39 is 11.9 Å². The molecule has 0 fully saturated rings. The maximum absolute atomic E-state index is 11.6. The molecule has 0 spiro atoms. The summed E-state index contributed by atoms with van der Waals surface area (Å²) in [5.74, 6) is -0.457. The van der Waals surface area contributed by atoms with E-state index in [2.05, 4.69) is 41.9 Å². The van der Waals surface area contributed by atoms with Gasteiger partial charge in [0.25, 0.3) is 0 Å². The van der Waals surface area contributed by atoms with Gasteiger partial charge in [-0.25, -0.2) is 0 Å². The number of carboxylic acids is 1. The summed E-state index contributed by atoms with van der Waals surface area (Å²) in [5, 5.41) is 9.49. The Balaban J connectivity index is 1.29. The third-order valence-electron chi connectivity index (χ3n) is 5.98. The summed E-state index contributed by atoms with van der Waals surface area (Å²) in [4.78, 5) is 17.2. The van der Waals surface area contributed by atoms with Crippen LogP contribution in [0.4, 0.5) is 0 Å². The minimum absolute atomic E-state index is 0.353. The average molecular weight is 444 g/mol. The van der Waals surface area contributed by atoms with Crippen LogP contribution in [0, 0.1) is 0 Å². The summed E-state index contributed by atoms with van der Waals surface area (Å²) in [6.45, 7) is 2.68. The van der Waals surface area contributed by atoms with E-state index in [1.165, 1.54) is 11.1 Å². The predicted molar refractivity (Wildman–Crippen MR) is 130 cm³/mol. The van der Waals surface area contributed by atoms with E-state index >= 15 is 0 Å². The number of fused-ring (bicyclic) bond motifs is 1. The van der Waals surface area contributed by atoms with E-state index in [9.17, 15) is 9.90 Å². The minimum atomic E-state index is -0.767. The zero-order valence-corrected chi connectivity index (χ0v) is 18.8. The van der Waals surface area contributed by atoms with E-state index in [-0.39, 0.29) is 0 Å². The van der Waals surface area contributed by atoms with Gasteiger partial charge in [-0.05, 0) is 60.1 Å². The van der Waals surface area contributed by atoms with Gasteiger partial charge in [0.1, 0.15) is 19.0 Å². The van der Waals surface area contributed by atoms with Crippen LogP contribution in [0.15, 0.2) is 78.9 Å². The van der Waals surface area contributed by atoms with Gasteiger partial charge in [-0.3, -0.25) is 15.1 Å². The van der Waals surface area contributed by atoms with Gasteiger partial charge < -0.3 is 9.84 Å². The Labute approximate surface area is 194 Å². The molecule has 33 heavy (non-hydrogen) atoms. The third kappa shape index (κ3) is 5.44. The number of hydroxylamine groups is 1. The van der Waals surface area contributed by atoms with Gasteiger partial charge in [0.2, 0.25) is 0 Å². The summed E-state index contributed by atoms with van der Waals surface area (Å²) < 4.78 is 5.94. The molecule has 0 saturated carbocycles. The van der Waals surface area contributed by atoms with Gasteiger partial charge in [-0.2, -0.15) is 0 Å². The summed E-state index contributed by atoms with van der Waals surface area (Å²) in [6.07, 6.45) is 4.35. The van der Waals surface area contributed by atoms with Crippen LogP contribution in [0.5, 0.6) is 5.75 Å². The molecule has 0 saturated heterocycles. The second kappa shape index (κ2) is 10.8. The number of carboxylic acid groups (broad SMARTS) is 1. The number of carbonyl (C=O) groups is 1. The van der Waals surface area contributed by atoms with Crippen molar-refractivity contribution in [3.05, 3.63) is 95.6 Å². The molecule has 0 bridgehead atoms. The van der Waals surface area contributed by atoms with Gasteiger partial charge in [-0.1, -0.05) is 72.8 Å². The lowest BCUT2D eigenvalue weighted by atomic mass is 9.82. The molecule has 5 heteroatoms. The van der Waals surface area contributed by atoms with E-state index in [0.29, 0.717) is 19.6 Å². The van der Waals surface area contributed by atoms with Gasteiger partial charge in [0.15, 0.2) is 0 Å². The Kier molecular flexibility index (Phi) is 7.43. The third-order valence-corrected chi connectivity index (χ3v) is 5.98. The van der Waals surface area contributed by atoms with E-state index in [1.807, 2.05) is 49.4 Å². The fourth-order valence-electron chi connectivity index (χ4n) is 4.29. The normalized spacial score (nSPS) is 15.5. The highest BCUT2D eigenvalue weighted by Gasteiger charge is 2.27. The van der Waals surface area contributed by atoms with Crippen LogP contribution in [0.2, 0.25) is 0 Å². The number of allylic oxidation sites excluding steroid dienone is 1. The molecule has 0 heterocycles. The van der Waals surface area contributed by atoms with Gasteiger partial charge in [0.05, 0.1) is 11.6 Å². The van der Waals surface area contributed by atoms with Gasteiger partial charge >= 0.3 is 5.97 Å². The molecule has 170 valence electrons. The second-order valence-corrected chi connectivity index (χ2v) is 8.05. The fraction of sp³-hybridized carbons (Fsp3) is 0.250. The van der Waals surface area contributed by atoms with Gasteiger partial charge in [-0.15, -0.1) is 0 Å². The molecular formula is C28H29NO4. The van der Waals surface area contributed by atoms with Crippen molar-refractivity contribution in [1.82, 2.24) is 5.48 Å². The quantitative estimate of drug-likeness (QED) is 0.322. The first-order valence-electron chi connectivity index (χ1n) is 11.3. The number of ether oxygens (including phenoxy) is 1. The van der Waals surface area contributed by atoms with Crippen molar-refractivity contribution >= 4 is 11.7 Å². The SMILES string of the molecule is CC=C(NOCCOc1cccc2c1CCCC2C(=O)O)c1ccc(-c2ccccc2)cc1. The largest absolute Gasteiger partial charge is 0.491 e. The highest BCUT2D eigenvalue weighted by molar-refractivity contribution is 5.77. The minimum Gasteiger partial charge on any atom is -0.491 e. The Morgan fingerprint density at radius 3 is 2.48 bits per heavy atom. The number of aliphatic carboxylic acids is 1. The van der Waals surface area contributed by atoms with Crippen molar-refractivity contribution < 1.29 is 19.5 Å². The van der Waals surface area contributed by atoms with Crippen LogP contribution in [-0.4, -0.2) is 24.3 Å².